The van der Waals surface area contributed by atoms with Crippen LogP contribution in [0.5, 0.6) is 0 Å². The molecule has 1 aromatic carbocycles. The fourth-order valence-electron chi connectivity index (χ4n) is 3.08. The highest BCUT2D eigenvalue weighted by atomic mass is 32.2. The first kappa shape index (κ1) is 18.5. The van der Waals surface area contributed by atoms with E-state index in [-0.39, 0.29) is 18.4 Å². The number of carbonyl (C=O) groups excluding carboxylic acids is 1. The molecule has 1 atom stereocenters. The van der Waals surface area contributed by atoms with Crippen LogP contribution in [-0.4, -0.2) is 47.9 Å². The highest BCUT2D eigenvalue weighted by Crippen LogP contribution is 2.32. The van der Waals surface area contributed by atoms with E-state index in [9.17, 15) is 13.2 Å². The molecule has 3 aromatic rings. The Hall–Kier alpha value is -1.88. The van der Waals surface area contributed by atoms with Crippen LogP contribution >= 0.6 is 22.7 Å². The van der Waals surface area contributed by atoms with Crippen molar-refractivity contribution in [2.75, 3.05) is 24.7 Å². The third-order valence-electron chi connectivity index (χ3n) is 4.47. The Kier molecular flexibility index (Phi) is 4.97. The van der Waals surface area contributed by atoms with Crippen molar-refractivity contribution in [3.63, 3.8) is 0 Å². The average molecular weight is 423 g/mol. The summed E-state index contributed by atoms with van der Waals surface area (Å²) in [5.74, 6) is -0.545. The van der Waals surface area contributed by atoms with Crippen LogP contribution in [0.3, 0.4) is 0 Å². The van der Waals surface area contributed by atoms with Crippen LogP contribution in [0.1, 0.15) is 12.8 Å². The summed E-state index contributed by atoms with van der Waals surface area (Å²) in [5.41, 5.74) is 1.66. The summed E-state index contributed by atoms with van der Waals surface area (Å²) in [6.07, 6.45) is 2.53. The molecule has 27 heavy (non-hydrogen) atoms. The Morgan fingerprint density at radius 1 is 1.30 bits per heavy atom. The van der Waals surface area contributed by atoms with Gasteiger partial charge in [-0.1, -0.05) is 12.1 Å². The maximum atomic E-state index is 12.5. The molecular weight excluding hydrogens is 404 g/mol. The minimum atomic E-state index is -3.28. The Bertz CT molecular complexity index is 1060. The van der Waals surface area contributed by atoms with E-state index in [4.69, 9.17) is 0 Å². The maximum Gasteiger partial charge on any atom is 0.230 e. The van der Waals surface area contributed by atoms with Gasteiger partial charge in [-0.25, -0.2) is 22.7 Å². The van der Waals surface area contributed by atoms with Gasteiger partial charge in [0.15, 0.2) is 5.13 Å². The molecule has 0 aliphatic carbocycles. The minimum Gasteiger partial charge on any atom is -0.302 e. The van der Waals surface area contributed by atoms with Gasteiger partial charge in [0, 0.05) is 18.5 Å². The number of piperidine rings is 1. The second-order valence-electron chi connectivity index (χ2n) is 6.47. The zero-order valence-electron chi connectivity index (χ0n) is 14.6. The van der Waals surface area contributed by atoms with Crippen molar-refractivity contribution in [3.05, 3.63) is 29.6 Å². The lowest BCUT2D eigenvalue weighted by Gasteiger charge is -2.29. The van der Waals surface area contributed by atoms with E-state index in [2.05, 4.69) is 15.3 Å². The predicted molar refractivity (Wildman–Crippen MR) is 108 cm³/mol. The molecule has 2 aromatic heterocycles. The quantitative estimate of drug-likeness (QED) is 0.698. The molecule has 0 radical (unpaired) electrons. The van der Waals surface area contributed by atoms with Gasteiger partial charge in [-0.05, 0) is 25.0 Å². The maximum absolute atomic E-state index is 12.5. The van der Waals surface area contributed by atoms with Crippen LogP contribution in [0.2, 0.25) is 0 Å². The molecule has 142 valence electrons. The molecule has 1 fully saturated rings. The highest BCUT2D eigenvalue weighted by molar-refractivity contribution is 7.88. The smallest absolute Gasteiger partial charge is 0.230 e. The van der Waals surface area contributed by atoms with Gasteiger partial charge in [0.05, 0.1) is 22.4 Å². The summed E-state index contributed by atoms with van der Waals surface area (Å²) < 4.78 is 25.9. The van der Waals surface area contributed by atoms with Crippen molar-refractivity contribution < 1.29 is 13.2 Å². The van der Waals surface area contributed by atoms with Gasteiger partial charge in [0.25, 0.3) is 0 Å². The molecule has 1 aliphatic rings. The average Bonchev–Trinajstić information content (AvgIpc) is 3.27. The Labute approximate surface area is 165 Å². The second-order valence-corrected chi connectivity index (χ2v) is 10.3. The highest BCUT2D eigenvalue weighted by Gasteiger charge is 2.30. The van der Waals surface area contributed by atoms with Crippen LogP contribution in [-0.2, 0) is 14.8 Å². The number of amides is 1. The molecule has 0 bridgehead atoms. The van der Waals surface area contributed by atoms with Gasteiger partial charge in [0.1, 0.15) is 10.7 Å². The van der Waals surface area contributed by atoms with E-state index in [0.717, 1.165) is 20.9 Å². The number of hydrogen-bond donors (Lipinski definition) is 1. The van der Waals surface area contributed by atoms with Crippen molar-refractivity contribution in [1.82, 2.24) is 14.3 Å². The Balaban J connectivity index is 1.46. The van der Waals surface area contributed by atoms with Crippen LogP contribution < -0.4 is 5.32 Å². The largest absolute Gasteiger partial charge is 0.302 e. The normalized spacial score (nSPS) is 18.6. The molecule has 1 saturated heterocycles. The zero-order valence-corrected chi connectivity index (χ0v) is 17.0. The third-order valence-corrected chi connectivity index (χ3v) is 7.56. The standard InChI is InChI=1S/C17H18N4O3S3/c1-27(23,24)21-8-4-5-11(9-21)15(22)20-17-19-13(10-25-17)16-18-12-6-2-3-7-14(12)26-16/h2-3,6-7,10-11H,4-5,8-9H2,1H3,(H,19,20,22). The molecule has 4 rings (SSSR count). The zero-order chi connectivity index (χ0) is 19.0. The number of hydrogen-bond acceptors (Lipinski definition) is 7. The van der Waals surface area contributed by atoms with Gasteiger partial charge in [-0.2, -0.15) is 0 Å². The number of sulfonamides is 1. The van der Waals surface area contributed by atoms with Gasteiger partial charge in [0.2, 0.25) is 15.9 Å². The predicted octanol–water partition coefficient (Wildman–Crippen LogP) is 3.03. The molecule has 3 heterocycles. The lowest BCUT2D eigenvalue weighted by Crippen LogP contribution is -2.43. The van der Waals surface area contributed by atoms with E-state index >= 15 is 0 Å². The molecule has 1 aliphatic heterocycles. The second kappa shape index (κ2) is 7.27. The number of benzene rings is 1. The molecule has 10 heteroatoms. The van der Waals surface area contributed by atoms with Crippen LogP contribution in [0.4, 0.5) is 5.13 Å². The number of nitrogens with zero attached hydrogens (tertiary/aromatic N) is 3. The molecule has 0 spiro atoms. The summed E-state index contributed by atoms with van der Waals surface area (Å²) >= 11 is 2.91. The molecular formula is C17H18N4O3S3. The summed E-state index contributed by atoms with van der Waals surface area (Å²) in [4.78, 5) is 21.6. The Morgan fingerprint density at radius 2 is 2.11 bits per heavy atom. The van der Waals surface area contributed by atoms with Crippen molar-refractivity contribution >= 4 is 54.0 Å². The fraction of sp³-hybridized carbons (Fsp3) is 0.353. The van der Waals surface area contributed by atoms with Gasteiger partial charge in [-0.15, -0.1) is 22.7 Å². The van der Waals surface area contributed by atoms with Crippen molar-refractivity contribution in [2.45, 2.75) is 12.8 Å². The fourth-order valence-corrected chi connectivity index (χ4v) is 5.69. The first-order valence-corrected chi connectivity index (χ1v) is 12.0. The molecule has 1 N–H and O–H groups in total. The van der Waals surface area contributed by atoms with E-state index < -0.39 is 10.0 Å². The van der Waals surface area contributed by atoms with Crippen molar-refractivity contribution in [2.24, 2.45) is 5.92 Å². The number of anilines is 1. The lowest BCUT2D eigenvalue weighted by atomic mass is 9.99. The topological polar surface area (TPSA) is 92.3 Å². The Morgan fingerprint density at radius 3 is 2.89 bits per heavy atom. The van der Waals surface area contributed by atoms with Gasteiger partial charge >= 0.3 is 0 Å². The van der Waals surface area contributed by atoms with Crippen molar-refractivity contribution in [3.8, 4) is 10.7 Å². The number of rotatable bonds is 4. The minimum absolute atomic E-state index is 0.187. The first-order chi connectivity index (χ1) is 12.9. The summed E-state index contributed by atoms with van der Waals surface area (Å²) in [6.45, 7) is 0.697. The molecule has 1 unspecified atom stereocenters. The van der Waals surface area contributed by atoms with E-state index in [1.54, 1.807) is 11.3 Å². The molecule has 7 nitrogen and oxygen atoms in total. The van der Waals surface area contributed by atoms with Gasteiger partial charge < -0.3 is 5.32 Å². The number of para-hydroxylation sites is 1. The number of carbonyl (C=O) groups is 1. The summed E-state index contributed by atoms with van der Waals surface area (Å²) in [5, 5.41) is 6.02. The molecule has 0 saturated carbocycles. The summed E-state index contributed by atoms with van der Waals surface area (Å²) in [6, 6.07) is 7.90. The number of fused-ring (bicyclic) bond motifs is 1. The monoisotopic (exact) mass is 422 g/mol. The van der Waals surface area contributed by atoms with Crippen molar-refractivity contribution in [1.29, 1.82) is 0 Å². The SMILES string of the molecule is CS(=O)(=O)N1CCCC(C(=O)Nc2nc(-c3nc4ccccc4s3)cs2)C1. The van der Waals surface area contributed by atoms with Gasteiger partial charge in [-0.3, -0.25) is 4.79 Å². The third kappa shape index (κ3) is 4.03. The number of thiazole rings is 2. The van der Waals surface area contributed by atoms with Crippen LogP contribution in [0.15, 0.2) is 29.6 Å². The first-order valence-electron chi connectivity index (χ1n) is 8.47. The molecule has 1 amide bonds. The summed E-state index contributed by atoms with van der Waals surface area (Å²) in [7, 11) is -3.28. The number of aromatic nitrogens is 2. The van der Waals surface area contributed by atoms with E-state index in [1.807, 2.05) is 29.6 Å². The van der Waals surface area contributed by atoms with Crippen LogP contribution in [0.25, 0.3) is 20.9 Å². The van der Waals surface area contributed by atoms with E-state index in [0.29, 0.717) is 24.5 Å². The van der Waals surface area contributed by atoms with Crippen LogP contribution in [0, 0.1) is 5.92 Å². The number of nitrogens with one attached hydrogen (secondary N) is 1. The lowest BCUT2D eigenvalue weighted by molar-refractivity contribution is -0.120. The van der Waals surface area contributed by atoms with E-state index in [1.165, 1.54) is 21.9 Å².